The minimum absolute atomic E-state index is 0.107. The molecule has 16 heavy (non-hydrogen) atoms. The molecule has 5 heteroatoms. The fraction of sp³-hybridized carbons (Fsp3) is 0.455. The van der Waals surface area contributed by atoms with Crippen LogP contribution < -0.4 is 5.73 Å². The summed E-state index contributed by atoms with van der Waals surface area (Å²) in [6.07, 6.45) is 1.70. The molecule has 0 bridgehead atoms. The summed E-state index contributed by atoms with van der Waals surface area (Å²) in [6, 6.07) is 4.94. The molecule has 0 aliphatic rings. The maximum absolute atomic E-state index is 11.0. The van der Waals surface area contributed by atoms with Crippen LogP contribution in [0, 0.1) is 0 Å². The van der Waals surface area contributed by atoms with Crippen molar-refractivity contribution in [2.45, 2.75) is 19.5 Å². The highest BCUT2D eigenvalue weighted by molar-refractivity contribution is 5.73. The smallest absolute Gasteiger partial charge is 0.322 e. The zero-order valence-electron chi connectivity index (χ0n) is 9.34. The van der Waals surface area contributed by atoms with Crippen LogP contribution in [0.5, 0.6) is 0 Å². The molecule has 1 aromatic heterocycles. The van der Waals surface area contributed by atoms with Gasteiger partial charge in [-0.05, 0) is 18.7 Å². The molecular weight excluding hydrogens is 206 g/mol. The molecule has 0 radical (unpaired) electrons. The number of rotatable bonds is 6. The number of pyridine rings is 1. The Kier molecular flexibility index (Phi) is 4.88. The van der Waals surface area contributed by atoms with Gasteiger partial charge in [-0.15, -0.1) is 0 Å². The number of carboxylic acid groups (broad SMARTS) is 1. The number of hydrogen-bond acceptors (Lipinski definition) is 4. The zero-order chi connectivity index (χ0) is 12.0. The van der Waals surface area contributed by atoms with E-state index < -0.39 is 12.0 Å². The highest BCUT2D eigenvalue weighted by Gasteiger charge is 2.22. The van der Waals surface area contributed by atoms with Crippen molar-refractivity contribution in [3.8, 4) is 0 Å². The summed E-state index contributed by atoms with van der Waals surface area (Å²) in [4.78, 5) is 16.9. The van der Waals surface area contributed by atoms with Gasteiger partial charge in [0.15, 0.2) is 0 Å². The Hall–Kier alpha value is -1.46. The number of likely N-dealkylation sites (N-methyl/N-ethyl adjacent to an activating group) is 1. The Bertz CT molecular complexity index is 329. The van der Waals surface area contributed by atoms with E-state index in [4.69, 9.17) is 10.8 Å². The lowest BCUT2D eigenvalue weighted by atomic mass is 10.2. The second kappa shape index (κ2) is 6.19. The van der Waals surface area contributed by atoms with Gasteiger partial charge in [0.2, 0.25) is 0 Å². The van der Waals surface area contributed by atoms with Gasteiger partial charge in [-0.2, -0.15) is 0 Å². The van der Waals surface area contributed by atoms with Crippen LogP contribution in [-0.4, -0.2) is 40.1 Å². The average Bonchev–Trinajstić information content (AvgIpc) is 2.29. The maximum atomic E-state index is 11.0. The quantitative estimate of drug-likeness (QED) is 0.726. The number of carboxylic acids is 1. The lowest BCUT2D eigenvalue weighted by Gasteiger charge is -2.25. The summed E-state index contributed by atoms with van der Waals surface area (Å²) in [5.74, 6) is -0.889. The normalized spacial score (nSPS) is 12.7. The van der Waals surface area contributed by atoms with Crippen molar-refractivity contribution < 1.29 is 9.90 Å². The number of aliphatic carboxylic acids is 1. The van der Waals surface area contributed by atoms with E-state index >= 15 is 0 Å². The van der Waals surface area contributed by atoms with Gasteiger partial charge in [-0.3, -0.25) is 14.7 Å². The minimum atomic E-state index is -0.889. The fourth-order valence-corrected chi connectivity index (χ4v) is 1.55. The van der Waals surface area contributed by atoms with Crippen LogP contribution in [0.2, 0.25) is 0 Å². The molecule has 1 atom stereocenters. The summed E-state index contributed by atoms with van der Waals surface area (Å²) in [5.41, 5.74) is 6.31. The van der Waals surface area contributed by atoms with E-state index in [9.17, 15) is 4.79 Å². The van der Waals surface area contributed by atoms with E-state index in [1.807, 2.05) is 25.1 Å². The highest BCUT2D eigenvalue weighted by atomic mass is 16.4. The third-order valence-electron chi connectivity index (χ3n) is 2.45. The maximum Gasteiger partial charge on any atom is 0.322 e. The van der Waals surface area contributed by atoms with E-state index in [-0.39, 0.29) is 6.54 Å². The molecule has 0 aromatic carbocycles. The number of hydrogen-bond donors (Lipinski definition) is 2. The average molecular weight is 223 g/mol. The van der Waals surface area contributed by atoms with Crippen LogP contribution in [-0.2, 0) is 11.3 Å². The Morgan fingerprint density at radius 3 is 2.81 bits per heavy atom. The Labute approximate surface area is 94.9 Å². The largest absolute Gasteiger partial charge is 0.480 e. The molecule has 0 amide bonds. The monoisotopic (exact) mass is 223 g/mol. The first kappa shape index (κ1) is 12.6. The molecule has 0 saturated carbocycles. The number of nitrogens with two attached hydrogens (primary N) is 1. The van der Waals surface area contributed by atoms with E-state index in [2.05, 4.69) is 4.98 Å². The summed E-state index contributed by atoms with van der Waals surface area (Å²) in [5, 5.41) is 9.01. The summed E-state index contributed by atoms with van der Waals surface area (Å²) >= 11 is 0. The van der Waals surface area contributed by atoms with Gasteiger partial charge in [-0.1, -0.05) is 13.0 Å². The van der Waals surface area contributed by atoms with Crippen molar-refractivity contribution in [1.82, 2.24) is 9.88 Å². The van der Waals surface area contributed by atoms with Crippen molar-refractivity contribution in [3.05, 3.63) is 30.1 Å². The van der Waals surface area contributed by atoms with Crippen molar-refractivity contribution in [1.29, 1.82) is 0 Å². The van der Waals surface area contributed by atoms with Crippen LogP contribution in [0.3, 0.4) is 0 Å². The fourth-order valence-electron chi connectivity index (χ4n) is 1.55. The summed E-state index contributed by atoms with van der Waals surface area (Å²) < 4.78 is 0. The van der Waals surface area contributed by atoms with Crippen molar-refractivity contribution in [3.63, 3.8) is 0 Å². The van der Waals surface area contributed by atoms with Crippen molar-refractivity contribution in [2.75, 3.05) is 13.1 Å². The first-order chi connectivity index (χ1) is 7.69. The molecular formula is C11H17N3O2. The molecule has 1 heterocycles. The number of nitrogens with zero attached hydrogens (tertiary/aromatic N) is 2. The van der Waals surface area contributed by atoms with Crippen LogP contribution in [0.1, 0.15) is 12.6 Å². The second-order valence-corrected chi connectivity index (χ2v) is 3.47. The lowest BCUT2D eigenvalue weighted by Crippen LogP contribution is -2.45. The van der Waals surface area contributed by atoms with Crippen LogP contribution in [0.25, 0.3) is 0 Å². The van der Waals surface area contributed by atoms with Crippen LogP contribution in [0.4, 0.5) is 0 Å². The first-order valence-electron chi connectivity index (χ1n) is 5.25. The first-order valence-corrected chi connectivity index (χ1v) is 5.25. The topological polar surface area (TPSA) is 79.5 Å². The van der Waals surface area contributed by atoms with E-state index in [0.717, 1.165) is 5.69 Å². The molecule has 1 aromatic rings. The van der Waals surface area contributed by atoms with Crippen molar-refractivity contribution in [2.24, 2.45) is 5.73 Å². The molecule has 0 aliphatic heterocycles. The number of aromatic nitrogens is 1. The molecule has 0 spiro atoms. The molecule has 88 valence electrons. The lowest BCUT2D eigenvalue weighted by molar-refractivity contribution is -0.143. The molecule has 0 aliphatic carbocycles. The molecule has 0 saturated heterocycles. The molecule has 1 unspecified atom stereocenters. The molecule has 3 N–H and O–H groups in total. The van der Waals surface area contributed by atoms with Crippen molar-refractivity contribution >= 4 is 5.97 Å². The van der Waals surface area contributed by atoms with E-state index in [0.29, 0.717) is 13.1 Å². The van der Waals surface area contributed by atoms with E-state index in [1.165, 1.54) is 0 Å². The van der Waals surface area contributed by atoms with Gasteiger partial charge in [0.25, 0.3) is 0 Å². The molecule has 0 fully saturated rings. The van der Waals surface area contributed by atoms with Gasteiger partial charge < -0.3 is 10.8 Å². The SMILES string of the molecule is CCN(Cc1ccccn1)C(CN)C(=O)O. The van der Waals surface area contributed by atoms with Crippen LogP contribution in [0.15, 0.2) is 24.4 Å². The van der Waals surface area contributed by atoms with E-state index in [1.54, 1.807) is 11.1 Å². The summed E-state index contributed by atoms with van der Waals surface area (Å²) in [7, 11) is 0. The third-order valence-corrected chi connectivity index (χ3v) is 2.45. The number of carbonyl (C=O) groups is 1. The summed E-state index contributed by atoms with van der Waals surface area (Å²) in [6.45, 7) is 3.15. The van der Waals surface area contributed by atoms with Gasteiger partial charge >= 0.3 is 5.97 Å². The predicted molar refractivity (Wildman–Crippen MR) is 60.8 cm³/mol. The van der Waals surface area contributed by atoms with Gasteiger partial charge in [-0.25, -0.2) is 0 Å². The molecule has 5 nitrogen and oxygen atoms in total. The Morgan fingerprint density at radius 1 is 1.62 bits per heavy atom. The van der Waals surface area contributed by atoms with Crippen LogP contribution >= 0.6 is 0 Å². The highest BCUT2D eigenvalue weighted by Crippen LogP contribution is 2.05. The second-order valence-electron chi connectivity index (χ2n) is 3.47. The molecule has 1 rings (SSSR count). The van der Waals surface area contributed by atoms with Gasteiger partial charge in [0, 0.05) is 19.3 Å². The Balaban J connectivity index is 2.71. The zero-order valence-corrected chi connectivity index (χ0v) is 9.34. The van der Waals surface area contributed by atoms with Gasteiger partial charge in [0.05, 0.1) is 5.69 Å². The Morgan fingerprint density at radius 2 is 2.38 bits per heavy atom. The third kappa shape index (κ3) is 3.29. The van der Waals surface area contributed by atoms with Gasteiger partial charge in [0.1, 0.15) is 6.04 Å². The standard InChI is InChI=1S/C11H17N3O2/c1-2-14(10(7-12)11(15)16)8-9-5-3-4-6-13-9/h3-6,10H,2,7-8,12H2,1H3,(H,15,16). The minimum Gasteiger partial charge on any atom is -0.480 e. The predicted octanol–water partition coefficient (Wildman–Crippen LogP) is 0.315.